The van der Waals surface area contributed by atoms with Crippen molar-refractivity contribution in [2.75, 3.05) is 0 Å². The molecule has 0 saturated heterocycles. The molecule has 1 aromatic heterocycles. The molecular formula is C13H16N2O3. The average Bonchev–Trinajstić information content (AvgIpc) is 2.72. The Morgan fingerprint density at radius 1 is 1.33 bits per heavy atom. The van der Waals surface area contributed by atoms with E-state index in [0.717, 1.165) is 11.1 Å². The number of hydrogen-bond donors (Lipinski definition) is 1. The lowest BCUT2D eigenvalue weighted by molar-refractivity contribution is 0.187. The van der Waals surface area contributed by atoms with Crippen LogP contribution >= 0.6 is 0 Å². The Morgan fingerprint density at radius 2 is 2.11 bits per heavy atom. The van der Waals surface area contributed by atoms with Gasteiger partial charge in [-0.05, 0) is 25.5 Å². The molecule has 2 aromatic rings. The molecule has 2 rings (SSSR count). The first-order chi connectivity index (χ1) is 8.56. The normalized spacial score (nSPS) is 12.4. The number of aliphatic hydroxyl groups excluding tert-OH is 1. The van der Waals surface area contributed by atoms with E-state index in [1.807, 2.05) is 25.1 Å². The van der Waals surface area contributed by atoms with E-state index in [4.69, 9.17) is 9.15 Å². The smallest absolute Gasteiger partial charge is 0.253 e. The molecule has 1 unspecified atom stereocenters. The highest BCUT2D eigenvalue weighted by atomic mass is 16.5. The van der Waals surface area contributed by atoms with Gasteiger partial charge in [-0.25, -0.2) is 0 Å². The first-order valence-electron chi connectivity index (χ1n) is 5.76. The van der Waals surface area contributed by atoms with Gasteiger partial charge in [-0.15, -0.1) is 10.2 Å². The molecule has 1 atom stereocenters. The zero-order valence-electron chi connectivity index (χ0n) is 10.7. The van der Waals surface area contributed by atoms with E-state index in [9.17, 15) is 5.11 Å². The van der Waals surface area contributed by atoms with Crippen LogP contribution in [0.1, 0.15) is 35.9 Å². The predicted molar refractivity (Wildman–Crippen MR) is 65.2 cm³/mol. The van der Waals surface area contributed by atoms with Gasteiger partial charge in [0.15, 0.2) is 6.61 Å². The van der Waals surface area contributed by atoms with E-state index in [0.29, 0.717) is 17.5 Å². The number of aliphatic hydroxyl groups is 1. The summed E-state index contributed by atoms with van der Waals surface area (Å²) in [5.41, 5.74) is 1.81. The van der Waals surface area contributed by atoms with Crippen LogP contribution in [0, 0.1) is 13.8 Å². The van der Waals surface area contributed by atoms with Gasteiger partial charge in [0.2, 0.25) is 5.89 Å². The zero-order valence-corrected chi connectivity index (χ0v) is 10.7. The van der Waals surface area contributed by atoms with Crippen LogP contribution in [0.15, 0.2) is 22.6 Å². The highest BCUT2D eigenvalue weighted by Gasteiger charge is 2.11. The second-order valence-electron chi connectivity index (χ2n) is 4.22. The maximum atomic E-state index is 9.67. The Balaban J connectivity index is 2.15. The number of aryl methyl sites for hydroxylation is 2. The van der Waals surface area contributed by atoms with Crippen molar-refractivity contribution in [1.29, 1.82) is 0 Å². The topological polar surface area (TPSA) is 68.4 Å². The summed E-state index contributed by atoms with van der Waals surface area (Å²) in [6.07, 6.45) is -0.579. The van der Waals surface area contributed by atoms with Crippen LogP contribution in [0.2, 0.25) is 0 Å². The van der Waals surface area contributed by atoms with Crippen molar-refractivity contribution in [3.63, 3.8) is 0 Å². The standard InChI is InChI=1S/C13H16N2O3/c1-8-4-5-11(9(2)16)12(6-8)17-7-13-15-14-10(3)18-13/h4-6,9,16H,7H2,1-3H3. The Labute approximate surface area is 105 Å². The maximum absolute atomic E-state index is 9.67. The maximum Gasteiger partial charge on any atom is 0.253 e. The third kappa shape index (κ3) is 2.87. The number of rotatable bonds is 4. The zero-order chi connectivity index (χ0) is 13.1. The first kappa shape index (κ1) is 12.6. The summed E-state index contributed by atoms with van der Waals surface area (Å²) in [5, 5.41) is 17.2. The Morgan fingerprint density at radius 3 is 2.72 bits per heavy atom. The van der Waals surface area contributed by atoms with Gasteiger partial charge < -0.3 is 14.3 Å². The average molecular weight is 248 g/mol. The molecule has 0 saturated carbocycles. The molecule has 0 radical (unpaired) electrons. The van der Waals surface area contributed by atoms with Gasteiger partial charge in [-0.1, -0.05) is 12.1 Å². The van der Waals surface area contributed by atoms with Crippen LogP contribution in [-0.2, 0) is 6.61 Å². The molecule has 0 fully saturated rings. The Kier molecular flexibility index (Phi) is 3.62. The molecular weight excluding hydrogens is 232 g/mol. The van der Waals surface area contributed by atoms with E-state index < -0.39 is 6.10 Å². The lowest BCUT2D eigenvalue weighted by Crippen LogP contribution is -2.01. The number of aromatic nitrogens is 2. The number of nitrogens with zero attached hydrogens (tertiary/aromatic N) is 2. The van der Waals surface area contributed by atoms with Gasteiger partial charge in [0.25, 0.3) is 5.89 Å². The van der Waals surface area contributed by atoms with Crippen molar-refractivity contribution in [2.24, 2.45) is 0 Å². The summed E-state index contributed by atoms with van der Waals surface area (Å²) in [6.45, 7) is 5.60. The van der Waals surface area contributed by atoms with Gasteiger partial charge in [0.1, 0.15) is 5.75 Å². The van der Waals surface area contributed by atoms with E-state index in [1.54, 1.807) is 13.8 Å². The Hall–Kier alpha value is -1.88. The minimum atomic E-state index is -0.579. The molecule has 0 aliphatic heterocycles. The lowest BCUT2D eigenvalue weighted by atomic mass is 10.1. The van der Waals surface area contributed by atoms with Crippen LogP contribution in [0.5, 0.6) is 5.75 Å². The summed E-state index contributed by atoms with van der Waals surface area (Å²) in [5.74, 6) is 1.57. The van der Waals surface area contributed by atoms with Gasteiger partial charge in [0.05, 0.1) is 6.10 Å². The minimum absolute atomic E-state index is 0.198. The molecule has 0 aliphatic carbocycles. The van der Waals surface area contributed by atoms with Crippen molar-refractivity contribution in [2.45, 2.75) is 33.5 Å². The number of hydrogen-bond acceptors (Lipinski definition) is 5. The molecule has 5 nitrogen and oxygen atoms in total. The molecule has 0 amide bonds. The van der Waals surface area contributed by atoms with Crippen molar-refractivity contribution in [3.05, 3.63) is 41.1 Å². The van der Waals surface area contributed by atoms with E-state index in [1.165, 1.54) is 0 Å². The predicted octanol–water partition coefficient (Wildman–Crippen LogP) is 2.32. The number of benzene rings is 1. The van der Waals surface area contributed by atoms with Crippen LogP contribution < -0.4 is 4.74 Å². The minimum Gasteiger partial charge on any atom is -0.483 e. The lowest BCUT2D eigenvalue weighted by Gasteiger charge is -2.13. The molecule has 96 valence electrons. The summed E-state index contributed by atoms with van der Waals surface area (Å²) < 4.78 is 10.8. The van der Waals surface area contributed by atoms with Crippen molar-refractivity contribution < 1.29 is 14.3 Å². The molecule has 0 aliphatic rings. The molecule has 1 N–H and O–H groups in total. The van der Waals surface area contributed by atoms with E-state index >= 15 is 0 Å². The third-order valence-corrected chi connectivity index (χ3v) is 2.54. The Bertz CT molecular complexity index is 535. The monoisotopic (exact) mass is 248 g/mol. The van der Waals surface area contributed by atoms with Crippen molar-refractivity contribution in [1.82, 2.24) is 10.2 Å². The van der Waals surface area contributed by atoms with Gasteiger partial charge >= 0.3 is 0 Å². The second kappa shape index (κ2) is 5.18. The van der Waals surface area contributed by atoms with Crippen molar-refractivity contribution in [3.8, 4) is 5.75 Å². The SMILES string of the molecule is Cc1ccc(C(C)O)c(OCc2nnc(C)o2)c1. The molecule has 0 bridgehead atoms. The molecule has 18 heavy (non-hydrogen) atoms. The fourth-order valence-electron chi connectivity index (χ4n) is 1.65. The quantitative estimate of drug-likeness (QED) is 0.899. The van der Waals surface area contributed by atoms with Crippen LogP contribution in [0.25, 0.3) is 0 Å². The fraction of sp³-hybridized carbons (Fsp3) is 0.385. The molecule has 1 aromatic carbocycles. The number of ether oxygens (including phenoxy) is 1. The second-order valence-corrected chi connectivity index (χ2v) is 4.22. The summed E-state index contributed by atoms with van der Waals surface area (Å²) in [7, 11) is 0. The van der Waals surface area contributed by atoms with Crippen LogP contribution in [0.3, 0.4) is 0 Å². The largest absolute Gasteiger partial charge is 0.483 e. The summed E-state index contributed by atoms with van der Waals surface area (Å²) in [4.78, 5) is 0. The highest BCUT2D eigenvalue weighted by Crippen LogP contribution is 2.26. The summed E-state index contributed by atoms with van der Waals surface area (Å²) in [6, 6.07) is 5.67. The van der Waals surface area contributed by atoms with Gasteiger partial charge in [-0.3, -0.25) is 0 Å². The van der Waals surface area contributed by atoms with Gasteiger partial charge in [-0.2, -0.15) is 0 Å². The van der Waals surface area contributed by atoms with Crippen LogP contribution in [-0.4, -0.2) is 15.3 Å². The first-order valence-corrected chi connectivity index (χ1v) is 5.76. The third-order valence-electron chi connectivity index (χ3n) is 2.54. The van der Waals surface area contributed by atoms with E-state index in [-0.39, 0.29) is 6.61 Å². The molecule has 0 spiro atoms. The highest BCUT2D eigenvalue weighted by molar-refractivity contribution is 5.38. The van der Waals surface area contributed by atoms with Crippen molar-refractivity contribution >= 4 is 0 Å². The molecule has 1 heterocycles. The van der Waals surface area contributed by atoms with E-state index in [2.05, 4.69) is 10.2 Å². The fourth-order valence-corrected chi connectivity index (χ4v) is 1.65. The van der Waals surface area contributed by atoms with Gasteiger partial charge in [0, 0.05) is 12.5 Å². The van der Waals surface area contributed by atoms with Crippen LogP contribution in [0.4, 0.5) is 0 Å². The molecule has 5 heteroatoms. The summed E-state index contributed by atoms with van der Waals surface area (Å²) >= 11 is 0.